The Labute approximate surface area is 146 Å². The number of nitrogens with zero attached hydrogens (tertiary/aromatic N) is 2. The van der Waals surface area contributed by atoms with Crippen LogP contribution in [0.4, 0.5) is 30.5 Å². The van der Waals surface area contributed by atoms with Crippen molar-refractivity contribution in [3.63, 3.8) is 0 Å². The molecule has 3 rings (SSSR count). The molecule has 1 heterocycles. The average molecular weight is 358 g/mol. The minimum atomic E-state index is -0.895. The second-order valence-electron chi connectivity index (χ2n) is 5.43. The topological polar surface area (TPSA) is 66.9 Å². The third kappa shape index (κ3) is 4.15. The molecule has 0 unspecified atom stereocenters. The number of amides is 1. The van der Waals surface area contributed by atoms with E-state index in [1.54, 1.807) is 6.92 Å². The summed E-state index contributed by atoms with van der Waals surface area (Å²) >= 11 is 0. The fourth-order valence-corrected chi connectivity index (χ4v) is 2.18. The molecule has 0 saturated carbocycles. The van der Waals surface area contributed by atoms with Gasteiger partial charge in [0, 0.05) is 17.4 Å². The molecular formula is C18H13F3N4O. The maximum atomic E-state index is 13.7. The Kier molecular flexibility index (Phi) is 4.83. The van der Waals surface area contributed by atoms with Crippen LogP contribution in [0.1, 0.15) is 16.2 Å². The van der Waals surface area contributed by atoms with Gasteiger partial charge < -0.3 is 10.6 Å². The number of nitrogens with one attached hydrogen (secondary N) is 2. The molecule has 2 aromatic carbocycles. The highest BCUT2D eigenvalue weighted by atomic mass is 19.1. The predicted octanol–water partition coefficient (Wildman–Crippen LogP) is 4.20. The third-order valence-electron chi connectivity index (χ3n) is 3.37. The van der Waals surface area contributed by atoms with Crippen molar-refractivity contribution in [3.8, 4) is 0 Å². The van der Waals surface area contributed by atoms with E-state index in [9.17, 15) is 18.0 Å². The van der Waals surface area contributed by atoms with Gasteiger partial charge in [-0.05, 0) is 49.4 Å². The van der Waals surface area contributed by atoms with Gasteiger partial charge in [0.05, 0.1) is 5.69 Å². The number of anilines is 3. The number of aromatic nitrogens is 2. The lowest BCUT2D eigenvalue weighted by atomic mass is 10.2. The number of hydrogen-bond donors (Lipinski definition) is 2. The summed E-state index contributed by atoms with van der Waals surface area (Å²) in [7, 11) is 0. The summed E-state index contributed by atoms with van der Waals surface area (Å²) in [4.78, 5) is 20.5. The maximum Gasteiger partial charge on any atom is 0.274 e. The summed E-state index contributed by atoms with van der Waals surface area (Å²) in [5.74, 6) is -2.58. The van der Waals surface area contributed by atoms with E-state index < -0.39 is 17.5 Å². The van der Waals surface area contributed by atoms with Gasteiger partial charge in [0.1, 0.15) is 23.1 Å². The molecule has 0 bridgehead atoms. The van der Waals surface area contributed by atoms with Gasteiger partial charge in [-0.15, -0.1) is 0 Å². The summed E-state index contributed by atoms with van der Waals surface area (Å²) in [5.41, 5.74) is 0.855. The molecule has 8 heteroatoms. The molecule has 0 saturated heterocycles. The van der Waals surface area contributed by atoms with Crippen LogP contribution in [-0.2, 0) is 0 Å². The van der Waals surface area contributed by atoms with Crippen LogP contribution < -0.4 is 10.6 Å². The Balaban J connectivity index is 1.82. The largest absolute Gasteiger partial charge is 0.324 e. The number of benzene rings is 2. The van der Waals surface area contributed by atoms with E-state index in [-0.39, 0.29) is 23.1 Å². The zero-order chi connectivity index (χ0) is 18.7. The van der Waals surface area contributed by atoms with Gasteiger partial charge in [-0.1, -0.05) is 0 Å². The van der Waals surface area contributed by atoms with E-state index >= 15 is 0 Å². The molecule has 26 heavy (non-hydrogen) atoms. The number of aryl methyl sites for hydroxylation is 1. The van der Waals surface area contributed by atoms with Crippen LogP contribution in [0.2, 0.25) is 0 Å². The van der Waals surface area contributed by atoms with Crippen LogP contribution in [0.3, 0.4) is 0 Å². The van der Waals surface area contributed by atoms with Crippen molar-refractivity contribution in [2.75, 3.05) is 10.6 Å². The first-order valence-corrected chi connectivity index (χ1v) is 7.55. The van der Waals surface area contributed by atoms with Gasteiger partial charge in [-0.3, -0.25) is 4.79 Å². The normalized spacial score (nSPS) is 10.5. The second-order valence-corrected chi connectivity index (χ2v) is 5.43. The van der Waals surface area contributed by atoms with Crippen molar-refractivity contribution >= 4 is 23.2 Å². The van der Waals surface area contributed by atoms with Crippen molar-refractivity contribution in [1.29, 1.82) is 0 Å². The molecule has 0 aliphatic heterocycles. The molecule has 0 fully saturated rings. The lowest BCUT2D eigenvalue weighted by molar-refractivity contribution is 0.102. The lowest BCUT2D eigenvalue weighted by Gasteiger charge is -2.09. The Morgan fingerprint density at radius 2 is 1.62 bits per heavy atom. The predicted molar refractivity (Wildman–Crippen MR) is 90.8 cm³/mol. The zero-order valence-electron chi connectivity index (χ0n) is 13.6. The summed E-state index contributed by atoms with van der Waals surface area (Å²) in [5, 5.41) is 5.19. The fourth-order valence-electron chi connectivity index (χ4n) is 2.18. The quantitative estimate of drug-likeness (QED) is 0.734. The standard InChI is InChI=1S/C18H13F3N4O/c1-10-8-16(17(26)24-15-7-4-12(20)9-14(15)21)25-18(22-10)23-13-5-2-11(19)3-6-13/h2-9H,1H3,(H,24,26)(H,22,23,25). The summed E-state index contributed by atoms with van der Waals surface area (Å²) in [6.07, 6.45) is 0. The molecule has 5 nitrogen and oxygen atoms in total. The zero-order valence-corrected chi connectivity index (χ0v) is 13.6. The molecule has 0 spiro atoms. The van der Waals surface area contributed by atoms with Crippen LogP contribution >= 0.6 is 0 Å². The molecule has 0 radical (unpaired) electrons. The van der Waals surface area contributed by atoms with Crippen molar-refractivity contribution in [2.45, 2.75) is 6.92 Å². The minimum Gasteiger partial charge on any atom is -0.324 e. The highest BCUT2D eigenvalue weighted by Gasteiger charge is 2.14. The van der Waals surface area contributed by atoms with E-state index in [2.05, 4.69) is 20.6 Å². The molecule has 1 aromatic heterocycles. The molecule has 132 valence electrons. The first kappa shape index (κ1) is 17.4. The lowest BCUT2D eigenvalue weighted by Crippen LogP contribution is -2.16. The van der Waals surface area contributed by atoms with E-state index in [1.165, 1.54) is 30.3 Å². The van der Waals surface area contributed by atoms with Crippen LogP contribution in [0, 0.1) is 24.4 Å². The summed E-state index contributed by atoms with van der Waals surface area (Å²) in [6, 6.07) is 9.77. The Hall–Kier alpha value is -3.42. The first-order chi connectivity index (χ1) is 12.4. The highest BCUT2D eigenvalue weighted by molar-refractivity contribution is 6.03. The Bertz CT molecular complexity index is 961. The number of carbonyl (C=O) groups excluding carboxylic acids is 1. The second kappa shape index (κ2) is 7.22. The first-order valence-electron chi connectivity index (χ1n) is 7.55. The van der Waals surface area contributed by atoms with E-state index in [0.29, 0.717) is 17.4 Å². The van der Waals surface area contributed by atoms with Gasteiger partial charge in [0.2, 0.25) is 5.95 Å². The van der Waals surface area contributed by atoms with Crippen molar-refractivity contribution in [2.24, 2.45) is 0 Å². The van der Waals surface area contributed by atoms with Gasteiger partial charge in [-0.25, -0.2) is 23.1 Å². The molecule has 3 aromatic rings. The number of rotatable bonds is 4. The molecule has 0 aliphatic carbocycles. The Morgan fingerprint density at radius 3 is 2.31 bits per heavy atom. The Morgan fingerprint density at radius 1 is 0.923 bits per heavy atom. The van der Waals surface area contributed by atoms with Gasteiger partial charge in [-0.2, -0.15) is 0 Å². The SMILES string of the molecule is Cc1cc(C(=O)Nc2ccc(F)cc2F)nc(Nc2ccc(F)cc2)n1. The van der Waals surface area contributed by atoms with Gasteiger partial charge in [0.25, 0.3) is 5.91 Å². The van der Waals surface area contributed by atoms with Crippen molar-refractivity contribution in [1.82, 2.24) is 9.97 Å². The van der Waals surface area contributed by atoms with Crippen LogP contribution in [0.15, 0.2) is 48.5 Å². The molecule has 0 aliphatic rings. The van der Waals surface area contributed by atoms with E-state index in [0.717, 1.165) is 12.1 Å². The fraction of sp³-hybridized carbons (Fsp3) is 0.0556. The number of halogens is 3. The summed E-state index contributed by atoms with van der Waals surface area (Å²) < 4.78 is 39.6. The van der Waals surface area contributed by atoms with Crippen molar-refractivity contribution in [3.05, 3.63) is 77.4 Å². The van der Waals surface area contributed by atoms with Crippen LogP contribution in [0.25, 0.3) is 0 Å². The smallest absolute Gasteiger partial charge is 0.274 e. The molecular weight excluding hydrogens is 345 g/mol. The van der Waals surface area contributed by atoms with Crippen molar-refractivity contribution < 1.29 is 18.0 Å². The van der Waals surface area contributed by atoms with Gasteiger partial charge >= 0.3 is 0 Å². The molecule has 0 atom stereocenters. The third-order valence-corrected chi connectivity index (χ3v) is 3.37. The summed E-state index contributed by atoms with van der Waals surface area (Å²) in [6.45, 7) is 1.66. The van der Waals surface area contributed by atoms with E-state index in [1.807, 2.05) is 0 Å². The number of hydrogen-bond acceptors (Lipinski definition) is 4. The van der Waals surface area contributed by atoms with Crippen LogP contribution in [-0.4, -0.2) is 15.9 Å². The molecule has 1 amide bonds. The van der Waals surface area contributed by atoms with Crippen LogP contribution in [0.5, 0.6) is 0 Å². The number of carbonyl (C=O) groups is 1. The average Bonchev–Trinajstić information content (AvgIpc) is 2.59. The molecule has 2 N–H and O–H groups in total. The van der Waals surface area contributed by atoms with Gasteiger partial charge in [0.15, 0.2) is 0 Å². The van der Waals surface area contributed by atoms with E-state index in [4.69, 9.17) is 0 Å². The highest BCUT2D eigenvalue weighted by Crippen LogP contribution is 2.18. The minimum absolute atomic E-state index is 0.00848. The monoisotopic (exact) mass is 358 g/mol. The maximum absolute atomic E-state index is 13.7.